The molecule has 1 rings (SSSR count). The van der Waals surface area contributed by atoms with E-state index in [-0.39, 0.29) is 35.3 Å². The maximum atomic E-state index is 10.9. The van der Waals surface area contributed by atoms with E-state index in [4.69, 9.17) is 0 Å². The molecule has 1 fully saturated rings. The molecule has 1 unspecified atom stereocenters. The van der Waals surface area contributed by atoms with E-state index in [1.54, 1.807) is 0 Å². The van der Waals surface area contributed by atoms with Gasteiger partial charge in [0.15, 0.2) is 0 Å². The van der Waals surface area contributed by atoms with Crippen LogP contribution in [-0.4, -0.2) is 27.6 Å². The first-order valence-corrected chi connectivity index (χ1v) is 4.49. The maximum Gasteiger partial charge on any atom is 1.00 e. The van der Waals surface area contributed by atoms with Gasteiger partial charge in [-0.15, -0.1) is 0 Å². The Hall–Kier alpha value is 0.580. The smallest absolute Gasteiger partial charge is 0.772 e. The minimum atomic E-state index is -2.15. The summed E-state index contributed by atoms with van der Waals surface area (Å²) in [6.07, 6.45) is 1.27. The Morgan fingerprint density at radius 1 is 1.67 bits per heavy atom. The van der Waals surface area contributed by atoms with Crippen molar-refractivity contribution in [2.75, 3.05) is 12.9 Å². The molecule has 0 bridgehead atoms. The molecule has 0 spiro atoms. The van der Waals surface area contributed by atoms with Crippen LogP contribution in [0.1, 0.15) is 12.8 Å². The van der Waals surface area contributed by atoms with E-state index in [9.17, 15) is 13.6 Å². The monoisotopic (exact) mass is 200 g/mol. The van der Waals surface area contributed by atoms with Crippen molar-refractivity contribution in [3.63, 3.8) is 0 Å². The maximum absolute atomic E-state index is 10.9. The van der Waals surface area contributed by atoms with Crippen LogP contribution >= 0.6 is 0 Å². The minimum absolute atomic E-state index is 0. The molecule has 12 heavy (non-hydrogen) atoms. The molecular weight excluding hydrogens is 191 g/mol. The van der Waals surface area contributed by atoms with Gasteiger partial charge in [-0.2, -0.15) is 0 Å². The van der Waals surface area contributed by atoms with Crippen LogP contribution in [0.2, 0.25) is 0 Å². The molecule has 0 saturated heterocycles. The second-order valence-corrected chi connectivity index (χ2v) is 3.62. The van der Waals surface area contributed by atoms with Gasteiger partial charge in [-0.3, -0.25) is 9.00 Å². The molecule has 0 aromatic rings. The first kappa shape index (κ1) is 12.6. The molecule has 6 heteroatoms. The van der Waals surface area contributed by atoms with Gasteiger partial charge in [0.25, 0.3) is 0 Å². The Morgan fingerprint density at radius 3 is 2.42 bits per heavy atom. The van der Waals surface area contributed by atoms with Gasteiger partial charge in [0.05, 0.1) is 12.5 Å². The van der Waals surface area contributed by atoms with E-state index < -0.39 is 22.5 Å². The SMILES string of the molecule is COC(=O)C1(CS(=O)[O-])CC1.[Na+]. The Bertz CT molecular complexity index is 202. The third kappa shape index (κ3) is 2.81. The number of hydrogen-bond acceptors (Lipinski definition) is 4. The van der Waals surface area contributed by atoms with Gasteiger partial charge in [0.1, 0.15) is 0 Å². The molecule has 0 aromatic carbocycles. The molecule has 0 heterocycles. The Morgan fingerprint density at radius 2 is 2.17 bits per heavy atom. The van der Waals surface area contributed by atoms with Crippen molar-refractivity contribution in [2.24, 2.45) is 5.41 Å². The molecular formula is C6H9NaO4S. The number of ether oxygens (including phenoxy) is 1. The molecule has 4 nitrogen and oxygen atoms in total. The van der Waals surface area contributed by atoms with E-state index in [0.29, 0.717) is 12.8 Å². The second-order valence-electron chi connectivity index (χ2n) is 2.72. The largest absolute Gasteiger partial charge is 1.00 e. The number of rotatable bonds is 3. The standard InChI is InChI=1S/C6H10O4S.Na/c1-10-5(7)6(2-3-6)4-11(8)9;/h2-4H2,1H3,(H,8,9);/q;+1/p-1. The third-order valence-corrected chi connectivity index (χ3v) is 2.65. The summed E-state index contributed by atoms with van der Waals surface area (Å²) in [5, 5.41) is 0. The van der Waals surface area contributed by atoms with Gasteiger partial charge in [-0.05, 0) is 12.8 Å². The van der Waals surface area contributed by atoms with Crippen molar-refractivity contribution in [1.82, 2.24) is 0 Å². The van der Waals surface area contributed by atoms with Crippen LogP contribution in [0, 0.1) is 5.41 Å². The van der Waals surface area contributed by atoms with Crippen molar-refractivity contribution in [1.29, 1.82) is 0 Å². The van der Waals surface area contributed by atoms with Gasteiger partial charge in [-0.1, -0.05) is 11.1 Å². The van der Waals surface area contributed by atoms with Gasteiger partial charge in [-0.25, -0.2) is 0 Å². The number of esters is 1. The average Bonchev–Trinajstić information content (AvgIpc) is 2.67. The topological polar surface area (TPSA) is 66.4 Å². The van der Waals surface area contributed by atoms with Crippen molar-refractivity contribution < 1.29 is 47.9 Å². The summed E-state index contributed by atoms with van der Waals surface area (Å²) in [5.41, 5.74) is -0.693. The van der Waals surface area contributed by atoms with Crippen LogP contribution in [0.5, 0.6) is 0 Å². The normalized spacial score (nSPS) is 20.5. The van der Waals surface area contributed by atoms with E-state index in [2.05, 4.69) is 4.74 Å². The third-order valence-electron chi connectivity index (χ3n) is 1.87. The van der Waals surface area contributed by atoms with Crippen molar-refractivity contribution >= 4 is 17.0 Å². The summed E-state index contributed by atoms with van der Waals surface area (Å²) < 4.78 is 25.0. The van der Waals surface area contributed by atoms with Crippen LogP contribution in [0.3, 0.4) is 0 Å². The van der Waals surface area contributed by atoms with Gasteiger partial charge >= 0.3 is 35.5 Å². The molecule has 0 radical (unpaired) electrons. The fourth-order valence-corrected chi connectivity index (χ4v) is 1.86. The van der Waals surface area contributed by atoms with Gasteiger partial charge in [0.2, 0.25) is 0 Å². The van der Waals surface area contributed by atoms with Crippen LogP contribution < -0.4 is 29.6 Å². The summed E-state index contributed by atoms with van der Waals surface area (Å²) in [6.45, 7) is 0. The summed E-state index contributed by atoms with van der Waals surface area (Å²) in [5.74, 6) is -0.499. The zero-order chi connectivity index (χ0) is 8.48. The second kappa shape index (κ2) is 4.72. The fraction of sp³-hybridized carbons (Fsp3) is 0.833. The number of hydrogen-bond donors (Lipinski definition) is 0. The van der Waals surface area contributed by atoms with E-state index in [1.807, 2.05) is 0 Å². The predicted octanol–water partition coefficient (Wildman–Crippen LogP) is -3.18. The minimum Gasteiger partial charge on any atom is -0.772 e. The first-order valence-electron chi connectivity index (χ1n) is 3.25. The van der Waals surface area contributed by atoms with Gasteiger partial charge < -0.3 is 9.29 Å². The predicted molar refractivity (Wildman–Crippen MR) is 37.5 cm³/mol. The Labute approximate surface area is 95.6 Å². The molecule has 0 aliphatic heterocycles. The van der Waals surface area contributed by atoms with Crippen LogP contribution in [0.15, 0.2) is 0 Å². The summed E-state index contributed by atoms with van der Waals surface area (Å²) in [6, 6.07) is 0. The van der Waals surface area contributed by atoms with Crippen LogP contribution in [0.4, 0.5) is 0 Å². The summed E-state index contributed by atoms with van der Waals surface area (Å²) >= 11 is -2.15. The molecule has 1 aliphatic rings. The molecule has 1 aliphatic carbocycles. The average molecular weight is 200 g/mol. The number of carbonyl (C=O) groups excluding carboxylic acids is 1. The summed E-state index contributed by atoms with van der Waals surface area (Å²) in [7, 11) is 1.27. The molecule has 0 N–H and O–H groups in total. The molecule has 1 saturated carbocycles. The zero-order valence-corrected chi connectivity index (χ0v) is 9.98. The zero-order valence-electron chi connectivity index (χ0n) is 7.16. The van der Waals surface area contributed by atoms with Crippen molar-refractivity contribution in [2.45, 2.75) is 12.8 Å². The van der Waals surface area contributed by atoms with Crippen LogP contribution in [0.25, 0.3) is 0 Å². The van der Waals surface area contributed by atoms with Crippen LogP contribution in [-0.2, 0) is 20.6 Å². The van der Waals surface area contributed by atoms with Crippen molar-refractivity contribution in [3.05, 3.63) is 0 Å². The first-order chi connectivity index (χ1) is 5.10. The molecule has 64 valence electrons. The molecule has 1 atom stereocenters. The summed E-state index contributed by atoms with van der Waals surface area (Å²) in [4.78, 5) is 10.9. The Balaban J connectivity index is 0.00000121. The Kier molecular flexibility index (Phi) is 4.94. The van der Waals surface area contributed by atoms with E-state index >= 15 is 0 Å². The van der Waals surface area contributed by atoms with E-state index in [1.165, 1.54) is 7.11 Å². The quantitative estimate of drug-likeness (QED) is 0.274. The fourth-order valence-electron chi connectivity index (χ4n) is 1.00. The van der Waals surface area contributed by atoms with Crippen molar-refractivity contribution in [3.8, 4) is 0 Å². The molecule has 0 amide bonds. The molecule has 0 aromatic heterocycles. The number of carbonyl (C=O) groups is 1. The van der Waals surface area contributed by atoms with Gasteiger partial charge in [0, 0.05) is 5.75 Å². The van der Waals surface area contributed by atoms with E-state index in [0.717, 1.165) is 0 Å². The number of methoxy groups -OCH3 is 1.